The fourth-order valence-electron chi connectivity index (χ4n) is 11.5. The van der Waals surface area contributed by atoms with Crippen molar-refractivity contribution in [2.24, 2.45) is 56.2 Å². The first-order valence-electron chi connectivity index (χ1n) is 16.5. The van der Waals surface area contributed by atoms with E-state index < -0.39 is 16.2 Å². The van der Waals surface area contributed by atoms with Crippen LogP contribution in [0, 0.1) is 67.5 Å². The first kappa shape index (κ1) is 30.3. The highest BCUT2D eigenvalue weighted by molar-refractivity contribution is 6.04. The number of benzene rings is 1. The number of esters is 1. The highest BCUT2D eigenvalue weighted by Crippen LogP contribution is 2.75. The predicted octanol–water partition coefficient (Wildman–Crippen LogP) is 8.03. The minimum atomic E-state index is -0.645. The second kappa shape index (κ2) is 9.63. The van der Waals surface area contributed by atoms with Gasteiger partial charge in [-0.2, -0.15) is 5.26 Å². The number of ether oxygens (including phenoxy) is 1. The van der Waals surface area contributed by atoms with Gasteiger partial charge in [0.2, 0.25) is 0 Å². The summed E-state index contributed by atoms with van der Waals surface area (Å²) in [7, 11) is 0. The Morgan fingerprint density at radius 3 is 2.26 bits per heavy atom. The molecule has 1 aromatic rings. The van der Waals surface area contributed by atoms with Crippen LogP contribution in [-0.4, -0.2) is 17.5 Å². The lowest BCUT2D eigenvalue weighted by Crippen LogP contribution is -2.69. The summed E-state index contributed by atoms with van der Waals surface area (Å²) in [5.41, 5.74) is -0.866. The fraction of sp³-hybridized carbons (Fsp3) is 0.684. The van der Waals surface area contributed by atoms with Crippen LogP contribution in [0.2, 0.25) is 0 Å². The number of rotatable bonds is 3. The zero-order chi connectivity index (χ0) is 31.2. The van der Waals surface area contributed by atoms with E-state index in [0.29, 0.717) is 6.42 Å². The first-order valence-corrected chi connectivity index (χ1v) is 16.5. The average molecular weight is 584 g/mol. The van der Waals surface area contributed by atoms with Crippen LogP contribution >= 0.6 is 0 Å². The number of nitriles is 1. The van der Waals surface area contributed by atoms with Crippen LogP contribution in [0.4, 0.5) is 0 Å². The van der Waals surface area contributed by atoms with Crippen molar-refractivity contribution in [3.05, 3.63) is 47.5 Å². The molecule has 0 unspecified atom stereocenters. The highest BCUT2D eigenvalue weighted by Gasteiger charge is 2.73. The smallest absolute Gasteiger partial charge is 0.312 e. The molecule has 6 rings (SSSR count). The van der Waals surface area contributed by atoms with Crippen LogP contribution in [0.5, 0.6) is 0 Å². The summed E-state index contributed by atoms with van der Waals surface area (Å²) in [5, 5.41) is 9.97. The van der Waals surface area contributed by atoms with E-state index in [1.807, 2.05) is 50.3 Å². The number of hydrogen-bond donors (Lipinski definition) is 0. The van der Waals surface area contributed by atoms with Gasteiger partial charge >= 0.3 is 5.97 Å². The molecule has 5 aliphatic rings. The maximum Gasteiger partial charge on any atom is 0.312 e. The van der Waals surface area contributed by atoms with E-state index in [9.17, 15) is 19.6 Å². The van der Waals surface area contributed by atoms with E-state index in [-0.39, 0.29) is 69.6 Å². The predicted molar refractivity (Wildman–Crippen MR) is 165 cm³/mol. The topological polar surface area (TPSA) is 84.2 Å². The van der Waals surface area contributed by atoms with Gasteiger partial charge in [-0.3, -0.25) is 14.4 Å². The summed E-state index contributed by atoms with van der Waals surface area (Å²) < 4.78 is 6.10. The lowest BCUT2D eigenvalue weighted by Gasteiger charge is -2.71. The normalized spacial score (nSPS) is 42.7. The molecule has 0 amide bonds. The molecule has 0 spiro atoms. The van der Waals surface area contributed by atoms with Gasteiger partial charge in [-0.1, -0.05) is 84.9 Å². The number of allylic oxidation sites excluding steroid dienone is 2. The Balaban J connectivity index is 1.40. The molecule has 5 aliphatic carbocycles. The quantitative estimate of drug-likeness (QED) is 0.336. The zero-order valence-corrected chi connectivity index (χ0v) is 27.2. The van der Waals surface area contributed by atoms with Gasteiger partial charge in [-0.25, -0.2) is 0 Å². The Bertz CT molecular complexity index is 1430. The summed E-state index contributed by atoms with van der Waals surface area (Å²) in [6.07, 6.45) is 8.37. The number of ketones is 2. The van der Waals surface area contributed by atoms with E-state index in [0.717, 1.165) is 50.5 Å². The van der Waals surface area contributed by atoms with Gasteiger partial charge < -0.3 is 4.74 Å². The monoisotopic (exact) mass is 583 g/mol. The van der Waals surface area contributed by atoms with Gasteiger partial charge in [0.1, 0.15) is 18.5 Å². The number of Topliss-reactive ketones (excluding diaryl/α,β-unsaturated/α-hetero) is 2. The molecular weight excluding hydrogens is 534 g/mol. The van der Waals surface area contributed by atoms with Gasteiger partial charge in [0, 0.05) is 17.8 Å². The highest BCUT2D eigenvalue weighted by atomic mass is 16.5. The summed E-state index contributed by atoms with van der Waals surface area (Å²) in [6, 6.07) is 12.1. The second-order valence-electron chi connectivity index (χ2n) is 16.9. The maximum atomic E-state index is 14.7. The van der Waals surface area contributed by atoms with Crippen molar-refractivity contribution in [3.63, 3.8) is 0 Å². The SMILES string of the molecule is CC1(C)CC[C@]2(C(=O)OCc3ccccc3)CC[C@]3(C)[C@H](C(=O)C[C@@H]4[C@@]5(C)C=C(C#N)C(=O)C(C)(C)[C@@H]5CC[C@]43C)[C@@H]2C1. The molecule has 0 aromatic heterocycles. The number of carbonyl (C=O) groups excluding carboxylic acids is 3. The van der Waals surface area contributed by atoms with Crippen molar-refractivity contribution in [3.8, 4) is 6.07 Å². The van der Waals surface area contributed by atoms with E-state index >= 15 is 0 Å². The standard InChI is InChI=1S/C38H49NO4/c1-33(2)15-17-38(32(42)43-23-24-11-9-8-10-12-24)18-16-37(7)30(26(38)21-33)27(40)19-29-35(5)20-25(22-39)31(41)34(3,4)28(35)13-14-36(29,37)6/h8-12,20,26,28-30H,13-19,21,23H2,1-7H3/t26-,28-,29+,30-,35-,36+,37+,38-/m0/s1. The molecule has 0 saturated heterocycles. The van der Waals surface area contributed by atoms with Crippen molar-refractivity contribution in [2.75, 3.05) is 0 Å². The Morgan fingerprint density at radius 1 is 0.907 bits per heavy atom. The van der Waals surface area contributed by atoms with Gasteiger partial charge in [0.15, 0.2) is 5.78 Å². The number of nitrogens with zero attached hydrogens (tertiary/aromatic N) is 1. The van der Waals surface area contributed by atoms with Crippen LogP contribution in [0.1, 0.15) is 105 Å². The van der Waals surface area contributed by atoms with Crippen molar-refractivity contribution < 1.29 is 19.1 Å². The van der Waals surface area contributed by atoms with Crippen LogP contribution in [-0.2, 0) is 25.7 Å². The Morgan fingerprint density at radius 2 is 1.58 bits per heavy atom. The third-order valence-electron chi connectivity index (χ3n) is 14.1. The van der Waals surface area contributed by atoms with Crippen molar-refractivity contribution in [2.45, 2.75) is 106 Å². The molecule has 0 radical (unpaired) electrons. The van der Waals surface area contributed by atoms with Crippen LogP contribution in [0.25, 0.3) is 0 Å². The Kier molecular flexibility index (Phi) is 6.78. The number of carbonyl (C=O) groups is 3. The third kappa shape index (κ3) is 4.10. The molecule has 5 nitrogen and oxygen atoms in total. The Hall–Kier alpha value is -2.74. The fourth-order valence-corrected chi connectivity index (χ4v) is 11.5. The van der Waals surface area contributed by atoms with Gasteiger partial charge in [-0.15, -0.1) is 0 Å². The minimum absolute atomic E-state index is 0.0392. The molecule has 0 N–H and O–H groups in total. The minimum Gasteiger partial charge on any atom is -0.460 e. The van der Waals surface area contributed by atoms with Crippen LogP contribution in [0.3, 0.4) is 0 Å². The average Bonchev–Trinajstić information content (AvgIpc) is 2.95. The van der Waals surface area contributed by atoms with Gasteiger partial charge in [0.25, 0.3) is 0 Å². The molecule has 230 valence electrons. The number of fused-ring (bicyclic) bond motifs is 7. The molecule has 0 aliphatic heterocycles. The van der Waals surface area contributed by atoms with Crippen molar-refractivity contribution in [1.29, 1.82) is 5.26 Å². The largest absolute Gasteiger partial charge is 0.460 e. The molecule has 4 saturated carbocycles. The molecule has 1 aromatic carbocycles. The molecule has 4 fully saturated rings. The van der Waals surface area contributed by atoms with Crippen molar-refractivity contribution in [1.82, 2.24) is 0 Å². The van der Waals surface area contributed by atoms with Crippen molar-refractivity contribution >= 4 is 17.5 Å². The van der Waals surface area contributed by atoms with Gasteiger partial charge in [0.05, 0.1) is 11.0 Å². The van der Waals surface area contributed by atoms with Gasteiger partial charge in [-0.05, 0) is 89.9 Å². The summed E-state index contributed by atoms with van der Waals surface area (Å²) in [6.45, 7) is 15.8. The van der Waals surface area contributed by atoms with Crippen LogP contribution in [0.15, 0.2) is 42.0 Å². The number of hydrogen-bond acceptors (Lipinski definition) is 5. The van der Waals surface area contributed by atoms with E-state index in [1.54, 1.807) is 0 Å². The third-order valence-corrected chi connectivity index (χ3v) is 14.1. The van der Waals surface area contributed by atoms with E-state index in [1.165, 1.54) is 0 Å². The molecule has 0 bridgehead atoms. The van der Waals surface area contributed by atoms with Crippen LogP contribution < -0.4 is 0 Å². The second-order valence-corrected chi connectivity index (χ2v) is 16.9. The summed E-state index contributed by atoms with van der Waals surface area (Å²) >= 11 is 0. The van der Waals surface area contributed by atoms with E-state index in [4.69, 9.17) is 4.74 Å². The molecule has 5 heteroatoms. The molecule has 43 heavy (non-hydrogen) atoms. The maximum absolute atomic E-state index is 14.7. The summed E-state index contributed by atoms with van der Waals surface area (Å²) in [4.78, 5) is 42.3. The molecular formula is C38H49NO4. The summed E-state index contributed by atoms with van der Waals surface area (Å²) in [5.74, 6) is -0.0434. The lowest BCUT2D eigenvalue weighted by atomic mass is 9.31. The van der Waals surface area contributed by atoms with E-state index in [2.05, 4.69) is 40.7 Å². The first-order chi connectivity index (χ1) is 20.1. The molecule has 0 heterocycles. The molecule has 8 atom stereocenters. The zero-order valence-electron chi connectivity index (χ0n) is 27.2. The lowest BCUT2D eigenvalue weighted by molar-refractivity contribution is -0.227. The Labute approximate surface area is 257 Å².